The Labute approximate surface area is 210 Å². The molecule has 0 saturated heterocycles. The van der Waals surface area contributed by atoms with Gasteiger partial charge in [0, 0.05) is 11.3 Å². The molecule has 1 unspecified atom stereocenters. The zero-order chi connectivity index (χ0) is 25.4. The average Bonchev–Trinajstić information content (AvgIpc) is 3.36. The maximum atomic E-state index is 13.4. The standard InChI is InChI=1S/C29H28N4O3/c1-17-6-9-21(10-7-17)26-25(28-31-27(32-36-28)22-11-14-24(35-5)15-12-22)20(4)33(29(34)30-26)23-13-8-18(2)19(3)16-23/h6-16,26H,1-5H3,(H,30,34). The average molecular weight is 481 g/mol. The van der Waals surface area contributed by atoms with Crippen molar-refractivity contribution in [3.63, 3.8) is 0 Å². The van der Waals surface area contributed by atoms with Gasteiger partial charge in [-0.15, -0.1) is 0 Å². The summed E-state index contributed by atoms with van der Waals surface area (Å²) in [5, 5.41) is 7.41. The lowest BCUT2D eigenvalue weighted by atomic mass is 9.93. The van der Waals surface area contributed by atoms with Crippen molar-refractivity contribution < 1.29 is 14.1 Å². The number of hydrogen-bond acceptors (Lipinski definition) is 5. The second kappa shape index (κ2) is 9.34. The normalized spacial score (nSPS) is 15.8. The van der Waals surface area contributed by atoms with Crippen LogP contribution < -0.4 is 15.0 Å². The van der Waals surface area contributed by atoms with Crippen molar-refractivity contribution in [2.24, 2.45) is 0 Å². The number of methoxy groups -OCH3 is 1. The molecule has 5 rings (SSSR count). The molecule has 182 valence electrons. The molecule has 1 aliphatic heterocycles. The van der Waals surface area contributed by atoms with E-state index in [9.17, 15) is 4.79 Å². The second-order valence-electron chi connectivity index (χ2n) is 9.05. The molecule has 0 bridgehead atoms. The number of urea groups is 1. The summed E-state index contributed by atoms with van der Waals surface area (Å²) in [6.45, 7) is 8.04. The molecule has 7 heteroatoms. The van der Waals surface area contributed by atoms with Crippen LogP contribution in [0.5, 0.6) is 5.75 Å². The first kappa shape index (κ1) is 23.4. The van der Waals surface area contributed by atoms with Gasteiger partial charge in [-0.05, 0) is 80.8 Å². The van der Waals surface area contributed by atoms with E-state index in [-0.39, 0.29) is 6.03 Å². The monoisotopic (exact) mass is 480 g/mol. The molecule has 0 radical (unpaired) electrons. The van der Waals surface area contributed by atoms with E-state index in [4.69, 9.17) is 14.2 Å². The number of amides is 2. The van der Waals surface area contributed by atoms with Crippen LogP contribution in [0.3, 0.4) is 0 Å². The number of hydrogen-bond donors (Lipinski definition) is 1. The van der Waals surface area contributed by atoms with Crippen LogP contribution in [0.1, 0.15) is 41.1 Å². The highest BCUT2D eigenvalue weighted by Crippen LogP contribution is 2.39. The molecule has 1 atom stereocenters. The summed E-state index contributed by atoms with van der Waals surface area (Å²) in [6.07, 6.45) is 0. The highest BCUT2D eigenvalue weighted by atomic mass is 16.5. The van der Waals surface area contributed by atoms with Gasteiger partial charge in [0.15, 0.2) is 0 Å². The minimum Gasteiger partial charge on any atom is -0.497 e. The number of ether oxygens (including phenoxy) is 1. The first-order valence-electron chi connectivity index (χ1n) is 11.8. The molecule has 36 heavy (non-hydrogen) atoms. The highest BCUT2D eigenvalue weighted by Gasteiger charge is 2.36. The molecule has 1 N–H and O–H groups in total. The van der Waals surface area contributed by atoms with Crippen LogP contribution in [0, 0.1) is 20.8 Å². The van der Waals surface area contributed by atoms with E-state index in [1.807, 2.05) is 87.5 Å². The molecule has 4 aromatic rings. The number of nitrogens with zero attached hydrogens (tertiary/aromatic N) is 3. The molecule has 3 aromatic carbocycles. The molecule has 1 aliphatic rings. The highest BCUT2D eigenvalue weighted by molar-refractivity contribution is 6.01. The van der Waals surface area contributed by atoms with Gasteiger partial charge in [0.25, 0.3) is 5.89 Å². The predicted octanol–water partition coefficient (Wildman–Crippen LogP) is 6.37. The maximum Gasteiger partial charge on any atom is 0.326 e. The van der Waals surface area contributed by atoms with Gasteiger partial charge in [0.1, 0.15) is 5.75 Å². The summed E-state index contributed by atoms with van der Waals surface area (Å²) in [7, 11) is 1.63. The Morgan fingerprint density at radius 3 is 2.31 bits per heavy atom. The summed E-state index contributed by atoms with van der Waals surface area (Å²) >= 11 is 0. The molecule has 1 aromatic heterocycles. The van der Waals surface area contributed by atoms with Crippen LogP contribution in [-0.2, 0) is 0 Å². The van der Waals surface area contributed by atoms with Crippen molar-refractivity contribution in [1.29, 1.82) is 0 Å². The van der Waals surface area contributed by atoms with Crippen LogP contribution in [0.15, 0.2) is 77.0 Å². The SMILES string of the molecule is COc1ccc(-c2noc(C3=C(C)N(c4ccc(C)c(C)c4)C(=O)NC3c3ccc(C)cc3)n2)cc1. The Bertz CT molecular complexity index is 1450. The zero-order valence-corrected chi connectivity index (χ0v) is 21.0. The van der Waals surface area contributed by atoms with Crippen molar-refractivity contribution in [2.75, 3.05) is 12.0 Å². The lowest BCUT2D eigenvalue weighted by molar-refractivity contribution is 0.244. The molecule has 2 amide bonds. The van der Waals surface area contributed by atoms with Gasteiger partial charge in [-0.3, -0.25) is 4.90 Å². The van der Waals surface area contributed by atoms with Gasteiger partial charge in [-0.1, -0.05) is 41.1 Å². The smallest absolute Gasteiger partial charge is 0.326 e. The van der Waals surface area contributed by atoms with E-state index in [1.165, 1.54) is 0 Å². The van der Waals surface area contributed by atoms with Gasteiger partial charge in [0.05, 0.1) is 24.4 Å². The van der Waals surface area contributed by atoms with Crippen molar-refractivity contribution in [3.8, 4) is 17.1 Å². The lowest BCUT2D eigenvalue weighted by Crippen LogP contribution is -2.46. The number of carbonyl (C=O) groups is 1. The molecular formula is C29H28N4O3. The third kappa shape index (κ3) is 4.24. The Balaban J connectivity index is 1.64. The van der Waals surface area contributed by atoms with Gasteiger partial charge in [0.2, 0.25) is 5.82 Å². The fourth-order valence-corrected chi connectivity index (χ4v) is 4.39. The Morgan fingerprint density at radius 1 is 0.917 bits per heavy atom. The van der Waals surface area contributed by atoms with E-state index in [2.05, 4.69) is 17.4 Å². The molecule has 7 nitrogen and oxygen atoms in total. The van der Waals surface area contributed by atoms with Gasteiger partial charge >= 0.3 is 6.03 Å². The summed E-state index contributed by atoms with van der Waals surface area (Å²) in [6, 6.07) is 20.9. The third-order valence-electron chi connectivity index (χ3n) is 6.65. The number of aryl methyl sites for hydroxylation is 3. The van der Waals surface area contributed by atoms with Crippen LogP contribution in [-0.4, -0.2) is 23.3 Å². The first-order valence-corrected chi connectivity index (χ1v) is 11.8. The van der Waals surface area contributed by atoms with E-state index in [0.29, 0.717) is 11.7 Å². The Morgan fingerprint density at radius 2 is 1.64 bits per heavy atom. The molecule has 0 saturated carbocycles. The number of nitrogens with one attached hydrogen (secondary N) is 1. The molecule has 0 spiro atoms. The number of benzene rings is 3. The van der Waals surface area contributed by atoms with Gasteiger partial charge in [-0.25, -0.2) is 4.79 Å². The third-order valence-corrected chi connectivity index (χ3v) is 6.65. The number of carbonyl (C=O) groups excluding carboxylic acids is 1. The van der Waals surface area contributed by atoms with Crippen molar-refractivity contribution in [2.45, 2.75) is 33.7 Å². The minimum absolute atomic E-state index is 0.208. The number of rotatable bonds is 5. The minimum atomic E-state index is -0.440. The summed E-state index contributed by atoms with van der Waals surface area (Å²) in [4.78, 5) is 19.8. The van der Waals surface area contributed by atoms with Crippen LogP contribution in [0.2, 0.25) is 0 Å². The fourth-order valence-electron chi connectivity index (χ4n) is 4.39. The van der Waals surface area contributed by atoms with E-state index < -0.39 is 6.04 Å². The maximum absolute atomic E-state index is 13.4. The number of aromatic nitrogens is 2. The van der Waals surface area contributed by atoms with Crippen LogP contribution in [0.4, 0.5) is 10.5 Å². The van der Waals surface area contributed by atoms with E-state index >= 15 is 0 Å². The van der Waals surface area contributed by atoms with Crippen molar-refractivity contribution in [3.05, 3.63) is 101 Å². The van der Waals surface area contributed by atoms with Crippen molar-refractivity contribution >= 4 is 17.3 Å². The largest absolute Gasteiger partial charge is 0.497 e. The number of allylic oxidation sites excluding steroid dienone is 1. The quantitative estimate of drug-likeness (QED) is 0.359. The van der Waals surface area contributed by atoms with Gasteiger partial charge < -0.3 is 14.6 Å². The molecule has 0 fully saturated rings. The molecule has 0 aliphatic carbocycles. The van der Waals surface area contributed by atoms with Crippen LogP contribution in [0.25, 0.3) is 17.0 Å². The first-order chi connectivity index (χ1) is 17.4. The van der Waals surface area contributed by atoms with E-state index in [0.717, 1.165) is 50.5 Å². The molecular weight excluding hydrogens is 452 g/mol. The van der Waals surface area contributed by atoms with Crippen molar-refractivity contribution in [1.82, 2.24) is 15.5 Å². The predicted molar refractivity (Wildman–Crippen MR) is 140 cm³/mol. The summed E-state index contributed by atoms with van der Waals surface area (Å²) < 4.78 is 11.0. The summed E-state index contributed by atoms with van der Waals surface area (Å²) in [5.41, 5.74) is 7.42. The Kier molecular flexibility index (Phi) is 6.06. The topological polar surface area (TPSA) is 80.5 Å². The summed E-state index contributed by atoms with van der Waals surface area (Å²) in [5.74, 6) is 1.57. The lowest BCUT2D eigenvalue weighted by Gasteiger charge is -2.35. The van der Waals surface area contributed by atoms with Gasteiger partial charge in [-0.2, -0.15) is 4.98 Å². The van der Waals surface area contributed by atoms with E-state index in [1.54, 1.807) is 12.0 Å². The zero-order valence-electron chi connectivity index (χ0n) is 21.0. The van der Waals surface area contributed by atoms with Crippen LogP contribution >= 0.6 is 0 Å². The fraction of sp³-hybridized carbons (Fsp3) is 0.207. The molecule has 2 heterocycles. The number of anilines is 1. The second-order valence-corrected chi connectivity index (χ2v) is 9.05. The Hall–Kier alpha value is -4.39.